The number of imidazole rings is 1. The van der Waals surface area contributed by atoms with Crippen molar-refractivity contribution in [3.8, 4) is 11.1 Å². The molecule has 4 aromatic rings. The van der Waals surface area contributed by atoms with Crippen LogP contribution in [-0.4, -0.2) is 21.1 Å². The molecule has 5 heteroatoms. The standard InChI is InChI=1S/C27H30N2O2S/c1-5-6-11-25-28-23-17-32-18-24(23)29(25)16-19-12-14-20(15-13-19)21-9-7-8-10-22(21)26(30)31-27(2,3)4/h7-10,12-15,17-18H,5-6,11,16H2,1-4H3. The SMILES string of the molecule is CCCCc1nc2cscc2n1Cc1ccc(-c2ccccc2C(=O)OC(C)(C)C)cc1. The molecule has 4 nitrogen and oxygen atoms in total. The summed E-state index contributed by atoms with van der Waals surface area (Å²) in [6.07, 6.45) is 3.30. The smallest absolute Gasteiger partial charge is 0.339 e. The largest absolute Gasteiger partial charge is 0.456 e. The second kappa shape index (κ2) is 9.29. The number of fused-ring (bicyclic) bond motifs is 1. The van der Waals surface area contributed by atoms with Gasteiger partial charge in [-0.1, -0.05) is 55.8 Å². The maximum atomic E-state index is 12.7. The van der Waals surface area contributed by atoms with Gasteiger partial charge in [-0.15, -0.1) is 11.3 Å². The molecule has 2 aromatic carbocycles. The van der Waals surface area contributed by atoms with Crippen LogP contribution in [-0.2, 0) is 17.7 Å². The normalized spacial score (nSPS) is 11.8. The number of nitrogens with zero attached hydrogens (tertiary/aromatic N) is 2. The maximum Gasteiger partial charge on any atom is 0.339 e. The number of aromatic nitrogens is 2. The molecule has 0 radical (unpaired) electrons. The molecule has 0 saturated heterocycles. The van der Waals surface area contributed by atoms with Gasteiger partial charge in [0, 0.05) is 23.7 Å². The minimum atomic E-state index is -0.526. The Morgan fingerprint density at radius 3 is 2.53 bits per heavy atom. The zero-order valence-electron chi connectivity index (χ0n) is 19.2. The third kappa shape index (κ3) is 4.94. The van der Waals surface area contributed by atoms with Gasteiger partial charge in [-0.2, -0.15) is 0 Å². The molecule has 0 unspecified atom stereocenters. The van der Waals surface area contributed by atoms with Crippen LogP contribution in [0.25, 0.3) is 22.2 Å². The molecule has 0 bridgehead atoms. The van der Waals surface area contributed by atoms with Crippen molar-refractivity contribution in [2.75, 3.05) is 0 Å². The first-order valence-corrected chi connectivity index (χ1v) is 12.1. The molecule has 0 spiro atoms. The first kappa shape index (κ1) is 22.3. The van der Waals surface area contributed by atoms with E-state index in [0.717, 1.165) is 48.3 Å². The first-order chi connectivity index (χ1) is 15.4. The second-order valence-corrected chi connectivity index (χ2v) is 9.85. The van der Waals surface area contributed by atoms with Crippen LogP contribution in [0.1, 0.15) is 62.3 Å². The summed E-state index contributed by atoms with van der Waals surface area (Å²) in [5, 5.41) is 4.31. The van der Waals surface area contributed by atoms with Gasteiger partial charge >= 0.3 is 5.97 Å². The molecule has 0 saturated carbocycles. The van der Waals surface area contributed by atoms with Crippen molar-refractivity contribution in [2.24, 2.45) is 0 Å². The Labute approximate surface area is 193 Å². The third-order valence-electron chi connectivity index (χ3n) is 5.38. The van der Waals surface area contributed by atoms with E-state index < -0.39 is 5.60 Å². The highest BCUT2D eigenvalue weighted by atomic mass is 32.1. The Bertz CT molecular complexity index is 1210. The summed E-state index contributed by atoms with van der Waals surface area (Å²) in [5.74, 6) is 0.861. The number of esters is 1. The average Bonchev–Trinajstić information content (AvgIpc) is 3.34. The van der Waals surface area contributed by atoms with Crippen LogP contribution in [0.4, 0.5) is 0 Å². The Balaban J connectivity index is 1.60. The number of hydrogen-bond acceptors (Lipinski definition) is 4. The van der Waals surface area contributed by atoms with E-state index in [1.165, 1.54) is 11.1 Å². The lowest BCUT2D eigenvalue weighted by Gasteiger charge is -2.20. The van der Waals surface area contributed by atoms with Crippen molar-refractivity contribution < 1.29 is 9.53 Å². The Morgan fingerprint density at radius 2 is 1.81 bits per heavy atom. The van der Waals surface area contributed by atoms with E-state index >= 15 is 0 Å². The van der Waals surface area contributed by atoms with E-state index in [1.807, 2.05) is 45.0 Å². The van der Waals surface area contributed by atoms with Gasteiger partial charge in [0.15, 0.2) is 0 Å². The van der Waals surface area contributed by atoms with Gasteiger partial charge in [0.05, 0.1) is 16.6 Å². The summed E-state index contributed by atoms with van der Waals surface area (Å²) in [4.78, 5) is 17.6. The number of ether oxygens (including phenoxy) is 1. The molecule has 0 aliphatic rings. The highest BCUT2D eigenvalue weighted by Crippen LogP contribution is 2.27. The molecule has 0 atom stereocenters. The van der Waals surface area contributed by atoms with Crippen molar-refractivity contribution in [1.82, 2.24) is 9.55 Å². The zero-order valence-corrected chi connectivity index (χ0v) is 20.0. The van der Waals surface area contributed by atoms with Crippen molar-refractivity contribution in [3.05, 3.63) is 76.2 Å². The zero-order chi connectivity index (χ0) is 22.7. The van der Waals surface area contributed by atoms with Crippen LogP contribution in [0.5, 0.6) is 0 Å². The van der Waals surface area contributed by atoms with Gasteiger partial charge in [0.25, 0.3) is 0 Å². The summed E-state index contributed by atoms with van der Waals surface area (Å²) < 4.78 is 7.95. The van der Waals surface area contributed by atoms with E-state index in [2.05, 4.69) is 46.5 Å². The van der Waals surface area contributed by atoms with E-state index in [4.69, 9.17) is 9.72 Å². The summed E-state index contributed by atoms with van der Waals surface area (Å²) in [6.45, 7) is 8.66. The molecule has 0 fully saturated rings. The van der Waals surface area contributed by atoms with Crippen LogP contribution < -0.4 is 0 Å². The minimum absolute atomic E-state index is 0.295. The maximum absolute atomic E-state index is 12.7. The fourth-order valence-electron chi connectivity index (χ4n) is 3.83. The van der Waals surface area contributed by atoms with Crippen LogP contribution in [0, 0.1) is 0 Å². The Morgan fingerprint density at radius 1 is 1.06 bits per heavy atom. The number of hydrogen-bond donors (Lipinski definition) is 0. The lowest BCUT2D eigenvalue weighted by atomic mass is 9.98. The molecule has 0 N–H and O–H groups in total. The number of carbonyl (C=O) groups is 1. The van der Waals surface area contributed by atoms with Gasteiger partial charge in [-0.05, 0) is 49.9 Å². The number of carbonyl (C=O) groups excluding carboxylic acids is 1. The highest BCUT2D eigenvalue weighted by Gasteiger charge is 2.20. The number of aryl methyl sites for hydroxylation is 1. The van der Waals surface area contributed by atoms with Gasteiger partial charge in [0.1, 0.15) is 11.4 Å². The van der Waals surface area contributed by atoms with Gasteiger partial charge in [-0.3, -0.25) is 0 Å². The molecule has 0 amide bonds. The fourth-order valence-corrected chi connectivity index (χ4v) is 4.58. The summed E-state index contributed by atoms with van der Waals surface area (Å²) in [5.41, 5.74) is 5.47. The van der Waals surface area contributed by atoms with E-state index in [-0.39, 0.29) is 5.97 Å². The van der Waals surface area contributed by atoms with Crippen molar-refractivity contribution in [1.29, 1.82) is 0 Å². The molecule has 2 aromatic heterocycles. The fraction of sp³-hybridized carbons (Fsp3) is 0.333. The lowest BCUT2D eigenvalue weighted by molar-refractivity contribution is 0.00704. The number of rotatable bonds is 7. The van der Waals surface area contributed by atoms with Gasteiger partial charge < -0.3 is 9.30 Å². The summed E-state index contributed by atoms with van der Waals surface area (Å²) in [7, 11) is 0. The average molecular weight is 447 g/mol. The van der Waals surface area contributed by atoms with E-state index in [1.54, 1.807) is 11.3 Å². The van der Waals surface area contributed by atoms with Crippen molar-refractivity contribution >= 4 is 28.3 Å². The van der Waals surface area contributed by atoms with Crippen LogP contribution in [0.3, 0.4) is 0 Å². The minimum Gasteiger partial charge on any atom is -0.456 e. The number of thiophene rings is 1. The van der Waals surface area contributed by atoms with Gasteiger partial charge in [-0.25, -0.2) is 9.78 Å². The summed E-state index contributed by atoms with van der Waals surface area (Å²) >= 11 is 1.70. The van der Waals surface area contributed by atoms with Crippen LogP contribution in [0.15, 0.2) is 59.3 Å². The Kier molecular flexibility index (Phi) is 6.47. The van der Waals surface area contributed by atoms with Crippen molar-refractivity contribution in [3.63, 3.8) is 0 Å². The Hall–Kier alpha value is -2.92. The molecule has 2 heterocycles. The number of benzene rings is 2. The molecule has 32 heavy (non-hydrogen) atoms. The van der Waals surface area contributed by atoms with Gasteiger partial charge in [0.2, 0.25) is 0 Å². The van der Waals surface area contributed by atoms with E-state index in [9.17, 15) is 4.79 Å². The molecule has 0 aliphatic heterocycles. The van der Waals surface area contributed by atoms with Crippen molar-refractivity contribution in [2.45, 2.75) is 59.1 Å². The number of unbranched alkanes of at least 4 members (excludes halogenated alkanes) is 1. The van der Waals surface area contributed by atoms with E-state index in [0.29, 0.717) is 5.56 Å². The highest BCUT2D eigenvalue weighted by molar-refractivity contribution is 7.09. The monoisotopic (exact) mass is 446 g/mol. The predicted molar refractivity (Wildman–Crippen MR) is 132 cm³/mol. The quantitative estimate of drug-likeness (QED) is 0.284. The van der Waals surface area contributed by atoms with Crippen LogP contribution >= 0.6 is 11.3 Å². The molecule has 0 aliphatic carbocycles. The molecule has 4 rings (SSSR count). The molecule has 166 valence electrons. The van der Waals surface area contributed by atoms with Crippen LogP contribution in [0.2, 0.25) is 0 Å². The third-order valence-corrected chi connectivity index (χ3v) is 6.10. The second-order valence-electron chi connectivity index (χ2n) is 9.10. The topological polar surface area (TPSA) is 44.1 Å². The first-order valence-electron chi connectivity index (χ1n) is 11.2. The lowest BCUT2D eigenvalue weighted by Crippen LogP contribution is -2.24. The summed E-state index contributed by atoms with van der Waals surface area (Å²) in [6, 6.07) is 16.1. The predicted octanol–water partition coefficient (Wildman–Crippen LogP) is 7.11. The molecular formula is C27H30N2O2S. The molecular weight excluding hydrogens is 416 g/mol.